The molecule has 0 bridgehead atoms. The van der Waals surface area contributed by atoms with Crippen molar-refractivity contribution in [2.45, 2.75) is 6.10 Å². The molecule has 2 aromatic rings. The molecule has 0 aliphatic carbocycles. The molecule has 0 fully saturated rings. The van der Waals surface area contributed by atoms with Gasteiger partial charge in [0.15, 0.2) is 0 Å². The summed E-state index contributed by atoms with van der Waals surface area (Å²) in [6.07, 6.45) is -1.41. The topological polar surface area (TPSA) is 113 Å². The van der Waals surface area contributed by atoms with Crippen LogP contribution < -0.4 is 5.48 Å². The predicted molar refractivity (Wildman–Crippen MR) is 93.1 cm³/mol. The van der Waals surface area contributed by atoms with Crippen LogP contribution in [0.25, 0.3) is 0 Å². The van der Waals surface area contributed by atoms with Crippen molar-refractivity contribution < 1.29 is 29.4 Å². The van der Waals surface area contributed by atoms with E-state index in [0.717, 1.165) is 0 Å². The molecular formula is C16H15NNa2O6. The van der Waals surface area contributed by atoms with Crippen molar-refractivity contribution in [1.29, 1.82) is 0 Å². The van der Waals surface area contributed by atoms with Crippen molar-refractivity contribution in [2.24, 2.45) is 0 Å². The van der Waals surface area contributed by atoms with Crippen molar-refractivity contribution in [3.63, 3.8) is 0 Å². The fourth-order valence-corrected chi connectivity index (χ4v) is 1.92. The fraction of sp³-hybridized carbons (Fsp3) is 0.0625. The molecule has 0 aromatic heterocycles. The van der Waals surface area contributed by atoms with Gasteiger partial charge in [0.1, 0.15) is 0 Å². The first-order chi connectivity index (χ1) is 11.0. The summed E-state index contributed by atoms with van der Waals surface area (Å²) in [6, 6.07) is 13.6. The molecule has 0 aliphatic heterocycles. The van der Waals surface area contributed by atoms with E-state index < -0.39 is 23.9 Å². The maximum absolute atomic E-state index is 12.0. The number of rotatable bonds is 6. The molecule has 25 heavy (non-hydrogen) atoms. The van der Waals surface area contributed by atoms with E-state index in [-0.39, 0.29) is 70.2 Å². The summed E-state index contributed by atoms with van der Waals surface area (Å²) >= 11 is 0. The quantitative estimate of drug-likeness (QED) is 0.511. The van der Waals surface area contributed by atoms with Crippen molar-refractivity contribution in [3.8, 4) is 0 Å². The Balaban J connectivity index is 0.00000288. The van der Waals surface area contributed by atoms with E-state index in [1.165, 1.54) is 36.4 Å². The Morgan fingerprint density at radius 1 is 0.840 bits per heavy atom. The van der Waals surface area contributed by atoms with E-state index in [0.29, 0.717) is 5.56 Å². The summed E-state index contributed by atoms with van der Waals surface area (Å²) in [4.78, 5) is 39.3. The summed E-state index contributed by atoms with van der Waals surface area (Å²) < 4.78 is 0. The van der Waals surface area contributed by atoms with Crippen molar-refractivity contribution in [1.82, 2.24) is 5.48 Å². The van der Waals surface area contributed by atoms with Crippen LogP contribution in [0.1, 0.15) is 32.4 Å². The number of carboxylic acids is 2. The Bertz CT molecular complexity index is 738. The number of nitrogens with one attached hydrogen (secondary N) is 1. The van der Waals surface area contributed by atoms with E-state index in [1.807, 2.05) is 5.48 Å². The first kappa shape index (κ1) is 23.8. The van der Waals surface area contributed by atoms with Crippen LogP contribution in [0, 0.1) is 0 Å². The van der Waals surface area contributed by atoms with Gasteiger partial charge in [-0.1, -0.05) is 42.5 Å². The van der Waals surface area contributed by atoms with Crippen molar-refractivity contribution >= 4 is 77.0 Å². The maximum atomic E-state index is 12.0. The number of amides is 1. The molecule has 1 unspecified atom stereocenters. The molecule has 0 heterocycles. The number of carbonyl (C=O) groups is 3. The molecule has 0 spiro atoms. The van der Waals surface area contributed by atoms with E-state index >= 15 is 0 Å². The third-order valence-electron chi connectivity index (χ3n) is 3.00. The zero-order valence-electron chi connectivity index (χ0n) is 11.8. The van der Waals surface area contributed by atoms with Gasteiger partial charge in [-0.3, -0.25) is 9.63 Å². The van der Waals surface area contributed by atoms with Gasteiger partial charge >= 0.3 is 71.1 Å². The van der Waals surface area contributed by atoms with Gasteiger partial charge in [-0.05, 0) is 17.7 Å². The van der Waals surface area contributed by atoms with Crippen molar-refractivity contribution in [2.75, 3.05) is 0 Å². The Kier molecular flexibility index (Phi) is 10.9. The van der Waals surface area contributed by atoms with E-state index in [9.17, 15) is 19.5 Å². The Hall–Kier alpha value is -1.19. The molecule has 0 radical (unpaired) electrons. The number of hydrogen-bond donors (Lipinski definition) is 3. The predicted octanol–water partition coefficient (Wildman–Crippen LogP) is 0.575. The van der Waals surface area contributed by atoms with E-state index in [2.05, 4.69) is 0 Å². The number of aliphatic carboxylic acids is 1. The van der Waals surface area contributed by atoms with Crippen molar-refractivity contribution in [3.05, 3.63) is 71.3 Å². The SMILES string of the molecule is O=C(O)c1ccccc1C(=O)NOC(C(=O)O)c1ccccc1.[NaH].[NaH]. The van der Waals surface area contributed by atoms with E-state index in [1.54, 1.807) is 18.2 Å². The molecule has 0 aliphatic rings. The van der Waals surface area contributed by atoms with Crippen LogP contribution in [0.15, 0.2) is 54.6 Å². The zero-order chi connectivity index (χ0) is 16.8. The van der Waals surface area contributed by atoms with Crippen LogP contribution in [0.3, 0.4) is 0 Å². The molecule has 1 atom stereocenters. The standard InChI is InChI=1S/C16H13NO6.2Na.2H/c18-14(11-8-4-5-9-12(11)15(19)20)17-23-13(16(21)22)10-6-2-1-3-7-10;;;;/h1-9,13H,(H,17,18)(H,19,20)(H,21,22);;;;. The van der Waals surface area contributed by atoms with Gasteiger partial charge in [-0.2, -0.15) is 0 Å². The average molecular weight is 363 g/mol. The van der Waals surface area contributed by atoms with Gasteiger partial charge < -0.3 is 10.2 Å². The first-order valence-electron chi connectivity index (χ1n) is 6.56. The fourth-order valence-electron chi connectivity index (χ4n) is 1.92. The number of hydroxylamine groups is 1. The van der Waals surface area contributed by atoms with Crippen LogP contribution in [0.5, 0.6) is 0 Å². The van der Waals surface area contributed by atoms with Gasteiger partial charge in [0, 0.05) is 0 Å². The second-order valence-corrected chi connectivity index (χ2v) is 4.53. The minimum atomic E-state index is -1.41. The number of carboxylic acid groups (broad SMARTS) is 2. The summed E-state index contributed by atoms with van der Waals surface area (Å²) in [5.74, 6) is -3.40. The van der Waals surface area contributed by atoms with Crippen LogP contribution in [-0.2, 0) is 9.63 Å². The number of hydrogen-bond acceptors (Lipinski definition) is 4. The molecule has 3 N–H and O–H groups in total. The molecular weight excluding hydrogens is 348 g/mol. The molecule has 9 heteroatoms. The van der Waals surface area contributed by atoms with Gasteiger partial charge in [0.2, 0.25) is 6.10 Å². The van der Waals surface area contributed by atoms with Crippen LogP contribution >= 0.6 is 0 Å². The Morgan fingerprint density at radius 2 is 1.36 bits per heavy atom. The van der Waals surface area contributed by atoms with E-state index in [4.69, 9.17) is 9.94 Å². The summed E-state index contributed by atoms with van der Waals surface area (Å²) in [5.41, 5.74) is 1.99. The summed E-state index contributed by atoms with van der Waals surface area (Å²) in [6.45, 7) is 0. The Morgan fingerprint density at radius 3 is 1.88 bits per heavy atom. The Labute approximate surface area is 187 Å². The normalized spacial score (nSPS) is 10.6. The summed E-state index contributed by atoms with van der Waals surface area (Å²) in [5, 5.41) is 18.2. The molecule has 7 nitrogen and oxygen atoms in total. The third kappa shape index (κ3) is 6.56. The summed E-state index contributed by atoms with van der Waals surface area (Å²) in [7, 11) is 0. The third-order valence-corrected chi connectivity index (χ3v) is 3.00. The molecule has 0 saturated carbocycles. The molecule has 1 amide bonds. The van der Waals surface area contributed by atoms with Gasteiger partial charge in [-0.25, -0.2) is 15.1 Å². The van der Waals surface area contributed by atoms with Crippen LogP contribution in [0.4, 0.5) is 0 Å². The van der Waals surface area contributed by atoms with Crippen LogP contribution in [-0.4, -0.2) is 87.2 Å². The number of aromatic carboxylic acids is 1. The first-order valence-corrected chi connectivity index (χ1v) is 6.56. The molecule has 0 saturated heterocycles. The number of carbonyl (C=O) groups excluding carboxylic acids is 1. The second-order valence-electron chi connectivity index (χ2n) is 4.53. The minimum absolute atomic E-state index is 0. The monoisotopic (exact) mass is 363 g/mol. The second kappa shape index (κ2) is 11.4. The van der Waals surface area contributed by atoms with Crippen LogP contribution in [0.2, 0.25) is 0 Å². The van der Waals surface area contributed by atoms with Gasteiger partial charge in [-0.15, -0.1) is 0 Å². The molecule has 122 valence electrons. The number of benzene rings is 2. The average Bonchev–Trinajstić information content (AvgIpc) is 2.55. The van der Waals surface area contributed by atoms with Gasteiger partial charge in [0.05, 0.1) is 11.1 Å². The zero-order valence-corrected chi connectivity index (χ0v) is 11.8. The molecule has 2 rings (SSSR count). The van der Waals surface area contributed by atoms with Gasteiger partial charge in [0.25, 0.3) is 5.91 Å². The molecule has 2 aromatic carbocycles.